The Hall–Kier alpha value is -0.740. The number of aliphatic hydroxyl groups is 1. The highest BCUT2D eigenvalue weighted by atomic mass is 32.2. The highest BCUT2D eigenvalue weighted by Crippen LogP contribution is 2.41. The van der Waals surface area contributed by atoms with Gasteiger partial charge < -0.3 is 9.84 Å². The molecule has 2 heterocycles. The van der Waals surface area contributed by atoms with Gasteiger partial charge >= 0.3 is 0 Å². The second-order valence-electron chi connectivity index (χ2n) is 4.20. The molecular weight excluding hydrogens is 222 g/mol. The summed E-state index contributed by atoms with van der Waals surface area (Å²) in [6.07, 6.45) is 4.21. The first-order valence-corrected chi connectivity index (χ1v) is 6.61. The predicted octanol–water partition coefficient (Wildman–Crippen LogP) is 2.19. The normalized spacial score (nSPS) is 29.3. The van der Waals surface area contributed by atoms with Gasteiger partial charge in [-0.2, -0.15) is 11.8 Å². The number of nitrogens with zero attached hydrogens (tertiary/aromatic N) is 1. The molecule has 3 nitrogen and oxygen atoms in total. The van der Waals surface area contributed by atoms with Crippen molar-refractivity contribution >= 4 is 11.8 Å². The van der Waals surface area contributed by atoms with E-state index in [2.05, 4.69) is 11.9 Å². The fourth-order valence-electron chi connectivity index (χ4n) is 1.99. The van der Waals surface area contributed by atoms with Gasteiger partial charge in [-0.15, -0.1) is 0 Å². The average Bonchev–Trinajstić information content (AvgIpc) is 2.61. The zero-order valence-corrected chi connectivity index (χ0v) is 10.5. The van der Waals surface area contributed by atoms with Crippen molar-refractivity contribution in [3.05, 3.63) is 24.0 Å². The van der Waals surface area contributed by atoms with E-state index in [4.69, 9.17) is 4.74 Å². The van der Waals surface area contributed by atoms with Crippen LogP contribution in [0.3, 0.4) is 0 Å². The van der Waals surface area contributed by atoms with E-state index in [0.717, 1.165) is 23.5 Å². The summed E-state index contributed by atoms with van der Waals surface area (Å²) in [5, 5.41) is 11.0. The SMILES string of the molecule is CCOc1cncc(C2(O)CSC(C)C2)c1. The van der Waals surface area contributed by atoms with Crippen LogP contribution in [0.25, 0.3) is 0 Å². The quantitative estimate of drug-likeness (QED) is 0.878. The summed E-state index contributed by atoms with van der Waals surface area (Å²) in [5.74, 6) is 1.48. The maximum absolute atomic E-state index is 10.5. The Morgan fingerprint density at radius 2 is 2.44 bits per heavy atom. The molecule has 1 aliphatic rings. The van der Waals surface area contributed by atoms with Gasteiger partial charge in [-0.25, -0.2) is 0 Å². The van der Waals surface area contributed by atoms with E-state index in [1.54, 1.807) is 24.2 Å². The second-order valence-corrected chi connectivity index (χ2v) is 5.63. The van der Waals surface area contributed by atoms with Crippen molar-refractivity contribution in [2.75, 3.05) is 12.4 Å². The maximum Gasteiger partial charge on any atom is 0.137 e. The molecule has 1 aromatic rings. The molecule has 0 spiro atoms. The van der Waals surface area contributed by atoms with Crippen LogP contribution in [0.1, 0.15) is 25.8 Å². The Labute approximate surface area is 100 Å². The van der Waals surface area contributed by atoms with Gasteiger partial charge in [0.25, 0.3) is 0 Å². The van der Waals surface area contributed by atoms with Crippen molar-refractivity contribution in [2.24, 2.45) is 0 Å². The molecule has 88 valence electrons. The Morgan fingerprint density at radius 3 is 3.06 bits per heavy atom. The second kappa shape index (κ2) is 4.63. The molecule has 2 unspecified atom stereocenters. The van der Waals surface area contributed by atoms with Crippen molar-refractivity contribution in [1.29, 1.82) is 0 Å². The van der Waals surface area contributed by atoms with E-state index in [1.807, 2.05) is 13.0 Å². The number of thioether (sulfide) groups is 1. The number of pyridine rings is 1. The zero-order chi connectivity index (χ0) is 11.6. The standard InChI is InChI=1S/C12H17NO2S/c1-3-15-11-4-10(6-13-7-11)12(14)5-9(2)16-8-12/h4,6-7,9,14H,3,5,8H2,1-2H3. The highest BCUT2D eigenvalue weighted by molar-refractivity contribution is 8.00. The Morgan fingerprint density at radius 1 is 1.62 bits per heavy atom. The lowest BCUT2D eigenvalue weighted by molar-refractivity contribution is 0.0605. The van der Waals surface area contributed by atoms with Crippen molar-refractivity contribution in [2.45, 2.75) is 31.1 Å². The molecule has 0 aliphatic carbocycles. The summed E-state index contributed by atoms with van der Waals surface area (Å²) < 4.78 is 5.40. The number of hydrogen-bond donors (Lipinski definition) is 1. The molecular formula is C12H17NO2S. The molecule has 2 atom stereocenters. The summed E-state index contributed by atoms with van der Waals surface area (Å²) >= 11 is 1.80. The van der Waals surface area contributed by atoms with Gasteiger partial charge in [0.05, 0.1) is 12.8 Å². The fraction of sp³-hybridized carbons (Fsp3) is 0.583. The van der Waals surface area contributed by atoms with Gasteiger partial charge in [0.1, 0.15) is 11.4 Å². The number of ether oxygens (including phenoxy) is 1. The van der Waals surface area contributed by atoms with Crippen molar-refractivity contribution in [3.8, 4) is 5.75 Å². The van der Waals surface area contributed by atoms with Crippen LogP contribution in [-0.4, -0.2) is 27.7 Å². The van der Waals surface area contributed by atoms with Crippen molar-refractivity contribution in [1.82, 2.24) is 4.98 Å². The zero-order valence-electron chi connectivity index (χ0n) is 9.64. The van der Waals surface area contributed by atoms with E-state index in [9.17, 15) is 5.11 Å². The number of hydrogen-bond acceptors (Lipinski definition) is 4. The third-order valence-electron chi connectivity index (χ3n) is 2.79. The van der Waals surface area contributed by atoms with E-state index in [-0.39, 0.29) is 0 Å². The van der Waals surface area contributed by atoms with E-state index < -0.39 is 5.60 Å². The van der Waals surface area contributed by atoms with Crippen LogP contribution in [0, 0.1) is 0 Å². The van der Waals surface area contributed by atoms with Crippen molar-refractivity contribution < 1.29 is 9.84 Å². The van der Waals surface area contributed by atoms with Gasteiger partial charge in [0.2, 0.25) is 0 Å². The number of aromatic nitrogens is 1. The molecule has 0 radical (unpaired) electrons. The predicted molar refractivity (Wildman–Crippen MR) is 65.8 cm³/mol. The molecule has 0 aromatic carbocycles. The first-order valence-electron chi connectivity index (χ1n) is 5.56. The molecule has 4 heteroatoms. The first-order chi connectivity index (χ1) is 7.64. The summed E-state index contributed by atoms with van der Waals surface area (Å²) in [7, 11) is 0. The lowest BCUT2D eigenvalue weighted by atomic mass is 9.93. The maximum atomic E-state index is 10.5. The Bertz CT molecular complexity index is 372. The molecule has 2 rings (SSSR count). The van der Waals surface area contributed by atoms with Crippen LogP contribution in [0.4, 0.5) is 0 Å². The summed E-state index contributed by atoms with van der Waals surface area (Å²) in [6, 6.07) is 1.90. The molecule has 1 N–H and O–H groups in total. The molecule has 1 fully saturated rings. The molecule has 1 aliphatic heterocycles. The van der Waals surface area contributed by atoms with E-state index in [0.29, 0.717) is 11.9 Å². The lowest BCUT2D eigenvalue weighted by Gasteiger charge is -2.22. The van der Waals surface area contributed by atoms with Crippen LogP contribution in [0.5, 0.6) is 5.75 Å². The fourth-order valence-corrected chi connectivity index (χ4v) is 3.23. The largest absolute Gasteiger partial charge is 0.492 e. The Balaban J connectivity index is 2.22. The van der Waals surface area contributed by atoms with Gasteiger partial charge in [0, 0.05) is 22.8 Å². The third kappa shape index (κ3) is 2.33. The third-order valence-corrected chi connectivity index (χ3v) is 4.17. The molecule has 16 heavy (non-hydrogen) atoms. The minimum absolute atomic E-state index is 0.501. The Kier molecular flexibility index (Phi) is 3.40. The van der Waals surface area contributed by atoms with Gasteiger partial charge in [-0.3, -0.25) is 4.98 Å². The highest BCUT2D eigenvalue weighted by Gasteiger charge is 2.38. The smallest absolute Gasteiger partial charge is 0.137 e. The van der Waals surface area contributed by atoms with Gasteiger partial charge in [-0.05, 0) is 19.4 Å². The molecule has 1 saturated heterocycles. The van der Waals surface area contributed by atoms with Crippen LogP contribution >= 0.6 is 11.8 Å². The van der Waals surface area contributed by atoms with E-state index >= 15 is 0 Å². The molecule has 0 saturated carbocycles. The van der Waals surface area contributed by atoms with E-state index in [1.165, 1.54) is 0 Å². The van der Waals surface area contributed by atoms with Gasteiger partial charge in [0.15, 0.2) is 0 Å². The first kappa shape index (κ1) is 11.7. The van der Waals surface area contributed by atoms with Gasteiger partial charge in [-0.1, -0.05) is 6.92 Å². The molecule has 0 amide bonds. The topological polar surface area (TPSA) is 42.4 Å². The van der Waals surface area contributed by atoms with Crippen LogP contribution in [0.2, 0.25) is 0 Å². The number of rotatable bonds is 3. The van der Waals surface area contributed by atoms with Crippen LogP contribution < -0.4 is 4.74 Å². The summed E-state index contributed by atoms with van der Waals surface area (Å²) in [6.45, 7) is 4.70. The summed E-state index contributed by atoms with van der Waals surface area (Å²) in [5.41, 5.74) is 0.139. The average molecular weight is 239 g/mol. The molecule has 1 aromatic heterocycles. The summed E-state index contributed by atoms with van der Waals surface area (Å²) in [4.78, 5) is 4.12. The van der Waals surface area contributed by atoms with Crippen LogP contribution in [-0.2, 0) is 5.60 Å². The monoisotopic (exact) mass is 239 g/mol. The van der Waals surface area contributed by atoms with Crippen molar-refractivity contribution in [3.63, 3.8) is 0 Å². The molecule has 0 bridgehead atoms. The van der Waals surface area contributed by atoms with Crippen LogP contribution in [0.15, 0.2) is 18.5 Å². The minimum Gasteiger partial charge on any atom is -0.492 e. The minimum atomic E-state index is -0.732. The lowest BCUT2D eigenvalue weighted by Crippen LogP contribution is -2.25.